The first-order valence-corrected chi connectivity index (χ1v) is 11.2. The second-order valence-electron chi connectivity index (χ2n) is 6.76. The van der Waals surface area contributed by atoms with Crippen LogP contribution >= 0.6 is 15.9 Å². The molecule has 0 aliphatic carbocycles. The molecule has 0 aliphatic rings. The van der Waals surface area contributed by atoms with Gasteiger partial charge in [0.15, 0.2) is 15.9 Å². The molecule has 1 unspecified atom stereocenters. The highest BCUT2D eigenvalue weighted by Gasteiger charge is 2.26. The summed E-state index contributed by atoms with van der Waals surface area (Å²) in [7, 11) is -3.28. The van der Waals surface area contributed by atoms with Crippen LogP contribution in [-0.2, 0) is 14.6 Å². The Morgan fingerprint density at radius 2 is 1.67 bits per heavy atom. The number of nitrogens with zero attached hydrogens (tertiary/aromatic N) is 1. The Hall–Kier alpha value is -1.86. The van der Waals surface area contributed by atoms with Gasteiger partial charge in [0.1, 0.15) is 5.75 Å². The van der Waals surface area contributed by atoms with E-state index in [1.54, 1.807) is 24.0 Å². The number of ether oxygens (including phenoxy) is 1. The average molecular weight is 454 g/mol. The summed E-state index contributed by atoms with van der Waals surface area (Å²) in [6.45, 7) is 7.48. The number of anilines is 1. The smallest absolute Gasteiger partial charge is 0.267 e. The summed E-state index contributed by atoms with van der Waals surface area (Å²) >= 11 is 3.46. The first kappa shape index (κ1) is 21.4. The standard InChI is InChI=1S/C20H24BrNO4S/c1-13(2)22(16-7-9-17(10-8-16)27(5,24)25)20(23)15(4)26-19-11-6-14(3)12-18(19)21/h6-13,15H,1-5H3. The molecule has 0 aliphatic heterocycles. The lowest BCUT2D eigenvalue weighted by atomic mass is 10.2. The fourth-order valence-electron chi connectivity index (χ4n) is 2.67. The summed E-state index contributed by atoms with van der Waals surface area (Å²) in [6.07, 6.45) is 0.448. The summed E-state index contributed by atoms with van der Waals surface area (Å²) in [5.74, 6) is 0.391. The molecular formula is C20H24BrNO4S. The van der Waals surface area contributed by atoms with E-state index in [0.29, 0.717) is 11.4 Å². The van der Waals surface area contributed by atoms with Gasteiger partial charge in [-0.2, -0.15) is 0 Å². The van der Waals surface area contributed by atoms with E-state index in [2.05, 4.69) is 15.9 Å². The van der Waals surface area contributed by atoms with Crippen molar-refractivity contribution in [1.82, 2.24) is 0 Å². The topological polar surface area (TPSA) is 63.7 Å². The zero-order chi connectivity index (χ0) is 20.4. The van der Waals surface area contributed by atoms with Gasteiger partial charge in [0.2, 0.25) is 0 Å². The lowest BCUT2D eigenvalue weighted by molar-refractivity contribution is -0.125. The molecule has 0 bridgehead atoms. The molecule has 2 rings (SSSR count). The minimum absolute atomic E-state index is 0.117. The quantitative estimate of drug-likeness (QED) is 0.651. The van der Waals surface area contributed by atoms with Gasteiger partial charge in [0.05, 0.1) is 9.37 Å². The molecule has 0 aromatic heterocycles. The van der Waals surface area contributed by atoms with Crippen molar-refractivity contribution in [2.24, 2.45) is 0 Å². The number of hydrogen-bond donors (Lipinski definition) is 0. The SMILES string of the molecule is Cc1ccc(OC(C)C(=O)N(c2ccc(S(C)(=O)=O)cc2)C(C)C)c(Br)c1. The molecule has 0 fully saturated rings. The van der Waals surface area contributed by atoms with Crippen LogP contribution in [0.15, 0.2) is 51.8 Å². The van der Waals surface area contributed by atoms with Gasteiger partial charge in [-0.15, -0.1) is 0 Å². The molecular weight excluding hydrogens is 430 g/mol. The summed E-state index contributed by atoms with van der Waals surface area (Å²) in [5, 5.41) is 0. The molecule has 0 N–H and O–H groups in total. The molecule has 0 spiro atoms. The first-order valence-electron chi connectivity index (χ1n) is 8.56. The van der Waals surface area contributed by atoms with E-state index in [9.17, 15) is 13.2 Å². The van der Waals surface area contributed by atoms with Gasteiger partial charge in [-0.3, -0.25) is 4.79 Å². The third-order valence-electron chi connectivity index (χ3n) is 4.04. The van der Waals surface area contributed by atoms with E-state index in [1.165, 1.54) is 12.1 Å². The highest BCUT2D eigenvalue weighted by Crippen LogP contribution is 2.28. The highest BCUT2D eigenvalue weighted by molar-refractivity contribution is 9.10. The lowest BCUT2D eigenvalue weighted by Gasteiger charge is -2.30. The van der Waals surface area contributed by atoms with E-state index in [4.69, 9.17) is 4.74 Å². The predicted octanol–water partition coefficient (Wildman–Crippen LogP) is 4.37. The van der Waals surface area contributed by atoms with Crippen LogP contribution in [-0.4, -0.2) is 32.7 Å². The third-order valence-corrected chi connectivity index (χ3v) is 5.78. The molecule has 0 heterocycles. The van der Waals surface area contributed by atoms with Gasteiger partial charge in [-0.25, -0.2) is 8.42 Å². The van der Waals surface area contributed by atoms with E-state index < -0.39 is 15.9 Å². The van der Waals surface area contributed by atoms with Crippen molar-refractivity contribution in [2.75, 3.05) is 11.2 Å². The number of rotatable bonds is 6. The van der Waals surface area contributed by atoms with Gasteiger partial charge in [-0.05, 0) is 85.6 Å². The first-order chi connectivity index (χ1) is 12.5. The second-order valence-corrected chi connectivity index (χ2v) is 9.63. The van der Waals surface area contributed by atoms with Crippen LogP contribution in [0.5, 0.6) is 5.75 Å². The largest absolute Gasteiger partial charge is 0.480 e. The van der Waals surface area contributed by atoms with Gasteiger partial charge in [0.25, 0.3) is 5.91 Å². The summed E-state index contributed by atoms with van der Waals surface area (Å²) in [6, 6.07) is 11.9. The Labute approximate surface area is 169 Å². The van der Waals surface area contributed by atoms with Crippen LogP contribution in [0, 0.1) is 6.92 Å². The maximum Gasteiger partial charge on any atom is 0.267 e. The van der Waals surface area contributed by atoms with Crippen LogP contribution in [0.1, 0.15) is 26.3 Å². The number of hydrogen-bond acceptors (Lipinski definition) is 4. The average Bonchev–Trinajstić information content (AvgIpc) is 2.56. The van der Waals surface area contributed by atoms with Gasteiger partial charge in [-0.1, -0.05) is 6.07 Å². The van der Waals surface area contributed by atoms with Crippen LogP contribution in [0.3, 0.4) is 0 Å². The monoisotopic (exact) mass is 453 g/mol. The number of carbonyl (C=O) groups excluding carboxylic acids is 1. The van der Waals surface area contributed by atoms with Crippen LogP contribution in [0.25, 0.3) is 0 Å². The highest BCUT2D eigenvalue weighted by atomic mass is 79.9. The zero-order valence-corrected chi connectivity index (χ0v) is 18.5. The molecule has 146 valence electrons. The minimum atomic E-state index is -3.28. The van der Waals surface area contributed by atoms with Crippen molar-refractivity contribution in [1.29, 1.82) is 0 Å². The van der Waals surface area contributed by atoms with Crippen LogP contribution in [0.2, 0.25) is 0 Å². The number of halogens is 1. The Morgan fingerprint density at radius 1 is 1.07 bits per heavy atom. The Morgan fingerprint density at radius 3 is 2.15 bits per heavy atom. The number of carbonyl (C=O) groups is 1. The van der Waals surface area contributed by atoms with Gasteiger partial charge < -0.3 is 9.64 Å². The van der Waals surface area contributed by atoms with E-state index in [-0.39, 0.29) is 16.8 Å². The number of benzene rings is 2. The molecule has 27 heavy (non-hydrogen) atoms. The van der Waals surface area contributed by atoms with E-state index in [1.807, 2.05) is 39.0 Å². The van der Waals surface area contributed by atoms with Crippen molar-refractivity contribution in [2.45, 2.75) is 44.7 Å². The normalized spacial score (nSPS) is 12.7. The molecule has 0 saturated heterocycles. The van der Waals surface area contributed by atoms with Gasteiger partial charge >= 0.3 is 0 Å². The molecule has 0 radical (unpaired) electrons. The molecule has 2 aromatic rings. The summed E-state index contributed by atoms with van der Waals surface area (Å²) < 4.78 is 29.9. The van der Waals surface area contributed by atoms with Crippen molar-refractivity contribution >= 4 is 37.4 Å². The molecule has 5 nitrogen and oxygen atoms in total. The third kappa shape index (κ3) is 5.32. The maximum absolute atomic E-state index is 13.0. The number of sulfone groups is 1. The Kier molecular flexibility index (Phi) is 6.70. The molecule has 7 heteroatoms. The Balaban J connectivity index is 2.26. The van der Waals surface area contributed by atoms with Crippen LogP contribution < -0.4 is 9.64 Å². The minimum Gasteiger partial charge on any atom is -0.480 e. The van der Waals surface area contributed by atoms with E-state index in [0.717, 1.165) is 16.3 Å². The van der Waals surface area contributed by atoms with Crippen molar-refractivity contribution in [3.63, 3.8) is 0 Å². The zero-order valence-electron chi connectivity index (χ0n) is 16.1. The van der Waals surface area contributed by atoms with Crippen molar-refractivity contribution < 1.29 is 17.9 Å². The Bertz CT molecular complexity index is 923. The molecule has 1 amide bonds. The van der Waals surface area contributed by atoms with Crippen molar-refractivity contribution in [3.05, 3.63) is 52.5 Å². The predicted molar refractivity (Wildman–Crippen MR) is 111 cm³/mol. The molecule has 1 atom stereocenters. The number of amides is 1. The molecule has 0 saturated carbocycles. The fourth-order valence-corrected chi connectivity index (χ4v) is 3.89. The van der Waals surface area contributed by atoms with E-state index >= 15 is 0 Å². The van der Waals surface area contributed by atoms with Gasteiger partial charge in [0, 0.05) is 18.0 Å². The van der Waals surface area contributed by atoms with Crippen molar-refractivity contribution in [3.8, 4) is 5.75 Å². The lowest BCUT2D eigenvalue weighted by Crippen LogP contribution is -2.44. The fraction of sp³-hybridized carbons (Fsp3) is 0.350. The summed E-state index contributed by atoms with van der Waals surface area (Å²) in [4.78, 5) is 14.8. The molecule has 2 aromatic carbocycles. The van der Waals surface area contributed by atoms with Crippen LogP contribution in [0.4, 0.5) is 5.69 Å². The summed E-state index contributed by atoms with van der Waals surface area (Å²) in [5.41, 5.74) is 1.71. The second kappa shape index (κ2) is 8.44. The maximum atomic E-state index is 13.0. The number of aryl methyl sites for hydroxylation is 1.